The van der Waals surface area contributed by atoms with Gasteiger partial charge in [0.25, 0.3) is 0 Å². The Kier molecular flexibility index (Phi) is 3.68. The van der Waals surface area contributed by atoms with E-state index in [-0.39, 0.29) is 5.82 Å². The van der Waals surface area contributed by atoms with Gasteiger partial charge in [0.1, 0.15) is 11.9 Å². The van der Waals surface area contributed by atoms with Gasteiger partial charge in [-0.1, -0.05) is 29.4 Å². The van der Waals surface area contributed by atoms with Gasteiger partial charge in [-0.15, -0.1) is 0 Å². The maximum atomic E-state index is 13.0. The Bertz CT molecular complexity index is 592. The molecule has 2 aromatic rings. The molecule has 84 valence electrons. The molecule has 0 aliphatic heterocycles. The van der Waals surface area contributed by atoms with E-state index in [0.29, 0.717) is 10.6 Å². The normalized spacial score (nSPS) is 9.94. The van der Waals surface area contributed by atoms with Crippen LogP contribution in [0.25, 0.3) is 0 Å². The van der Waals surface area contributed by atoms with Crippen molar-refractivity contribution in [1.82, 2.24) is 0 Å². The smallest absolute Gasteiger partial charge is 0.124 e. The summed E-state index contributed by atoms with van der Waals surface area (Å²) in [6.45, 7) is 0. The van der Waals surface area contributed by atoms with Crippen LogP contribution in [-0.2, 0) is 0 Å². The fourth-order valence-corrected chi connectivity index (χ4v) is 2.43. The molecule has 0 atom stereocenters. The molecule has 0 amide bonds. The molecule has 0 saturated heterocycles. The van der Waals surface area contributed by atoms with E-state index in [1.165, 1.54) is 23.9 Å². The molecular weight excluding hydrogens is 257 g/mol. The van der Waals surface area contributed by atoms with Crippen LogP contribution < -0.4 is 0 Å². The summed E-state index contributed by atoms with van der Waals surface area (Å²) in [7, 11) is 0. The highest BCUT2D eigenvalue weighted by Gasteiger charge is 2.05. The van der Waals surface area contributed by atoms with Gasteiger partial charge in [0, 0.05) is 14.8 Å². The molecule has 0 radical (unpaired) electrons. The standard InChI is InChI=1S/C13H7ClFNS/c14-10-4-5-13(9(6-10)8-16)17-12-3-1-2-11(15)7-12/h1-7H. The Morgan fingerprint density at radius 3 is 2.71 bits per heavy atom. The number of benzene rings is 2. The van der Waals surface area contributed by atoms with Gasteiger partial charge >= 0.3 is 0 Å². The summed E-state index contributed by atoms with van der Waals surface area (Å²) in [6.07, 6.45) is 0. The fourth-order valence-electron chi connectivity index (χ4n) is 1.34. The monoisotopic (exact) mass is 263 g/mol. The average Bonchev–Trinajstić information content (AvgIpc) is 2.31. The van der Waals surface area contributed by atoms with Gasteiger partial charge < -0.3 is 0 Å². The van der Waals surface area contributed by atoms with Crippen LogP contribution in [0.1, 0.15) is 5.56 Å². The average molecular weight is 264 g/mol. The van der Waals surface area contributed by atoms with E-state index in [1.807, 2.05) is 0 Å². The first-order valence-corrected chi connectivity index (χ1v) is 6.01. The fraction of sp³-hybridized carbons (Fsp3) is 0. The van der Waals surface area contributed by atoms with Crippen molar-refractivity contribution < 1.29 is 4.39 Å². The lowest BCUT2D eigenvalue weighted by Gasteiger charge is -2.04. The first kappa shape index (κ1) is 12.0. The molecule has 2 rings (SSSR count). The minimum atomic E-state index is -0.289. The van der Waals surface area contributed by atoms with E-state index in [2.05, 4.69) is 6.07 Å². The number of halogens is 2. The predicted molar refractivity (Wildman–Crippen MR) is 66.7 cm³/mol. The lowest BCUT2D eigenvalue weighted by Crippen LogP contribution is -1.82. The van der Waals surface area contributed by atoms with Crippen molar-refractivity contribution in [2.45, 2.75) is 9.79 Å². The van der Waals surface area contributed by atoms with E-state index in [1.54, 1.807) is 30.3 Å². The van der Waals surface area contributed by atoms with Crippen molar-refractivity contribution in [3.05, 3.63) is 58.9 Å². The van der Waals surface area contributed by atoms with Gasteiger partial charge in [-0.25, -0.2) is 4.39 Å². The van der Waals surface area contributed by atoms with Gasteiger partial charge in [0.05, 0.1) is 5.56 Å². The van der Waals surface area contributed by atoms with Gasteiger partial charge in [0.2, 0.25) is 0 Å². The third kappa shape index (κ3) is 3.00. The zero-order valence-electron chi connectivity index (χ0n) is 8.65. The van der Waals surface area contributed by atoms with Crippen molar-refractivity contribution in [1.29, 1.82) is 5.26 Å². The molecule has 4 heteroatoms. The van der Waals surface area contributed by atoms with Crippen molar-refractivity contribution in [2.75, 3.05) is 0 Å². The molecule has 0 aromatic heterocycles. The first-order chi connectivity index (χ1) is 8.19. The van der Waals surface area contributed by atoms with Gasteiger partial charge in [-0.3, -0.25) is 0 Å². The summed E-state index contributed by atoms with van der Waals surface area (Å²) in [4.78, 5) is 1.52. The molecule has 0 aliphatic rings. The topological polar surface area (TPSA) is 23.8 Å². The zero-order valence-corrected chi connectivity index (χ0v) is 10.2. The molecule has 0 heterocycles. The van der Waals surface area contributed by atoms with Crippen LogP contribution in [-0.4, -0.2) is 0 Å². The molecule has 0 bridgehead atoms. The van der Waals surface area contributed by atoms with E-state index >= 15 is 0 Å². The van der Waals surface area contributed by atoms with Gasteiger partial charge in [0.15, 0.2) is 0 Å². The Labute approximate surface area is 108 Å². The highest BCUT2D eigenvalue weighted by atomic mass is 35.5. The second-order valence-corrected chi connectivity index (χ2v) is 4.86. The SMILES string of the molecule is N#Cc1cc(Cl)ccc1Sc1cccc(F)c1. The Hall–Kier alpha value is -1.50. The van der Waals surface area contributed by atoms with Crippen molar-refractivity contribution >= 4 is 23.4 Å². The van der Waals surface area contributed by atoms with Crippen molar-refractivity contribution in [3.8, 4) is 6.07 Å². The van der Waals surface area contributed by atoms with Crippen LogP contribution in [0, 0.1) is 17.1 Å². The van der Waals surface area contributed by atoms with E-state index in [0.717, 1.165) is 9.79 Å². The lowest BCUT2D eigenvalue weighted by atomic mass is 10.2. The van der Waals surface area contributed by atoms with Crippen LogP contribution in [0.5, 0.6) is 0 Å². The zero-order chi connectivity index (χ0) is 12.3. The predicted octanol–water partition coefficient (Wildman–Crippen LogP) is 4.50. The highest BCUT2D eigenvalue weighted by molar-refractivity contribution is 7.99. The molecule has 0 aliphatic carbocycles. The molecule has 0 N–H and O–H groups in total. The largest absolute Gasteiger partial charge is 0.207 e. The van der Waals surface area contributed by atoms with Crippen LogP contribution in [0.3, 0.4) is 0 Å². The summed E-state index contributed by atoms with van der Waals surface area (Å²) in [5, 5.41) is 9.50. The van der Waals surface area contributed by atoms with Gasteiger partial charge in [-0.05, 0) is 36.4 Å². The molecule has 17 heavy (non-hydrogen) atoms. The Balaban J connectivity index is 2.34. The van der Waals surface area contributed by atoms with Gasteiger partial charge in [-0.2, -0.15) is 5.26 Å². The van der Waals surface area contributed by atoms with Crippen LogP contribution in [0.4, 0.5) is 4.39 Å². The molecule has 2 aromatic carbocycles. The first-order valence-electron chi connectivity index (χ1n) is 4.82. The lowest BCUT2D eigenvalue weighted by molar-refractivity contribution is 0.624. The molecule has 1 nitrogen and oxygen atoms in total. The maximum Gasteiger partial charge on any atom is 0.124 e. The number of rotatable bonds is 2. The third-order valence-electron chi connectivity index (χ3n) is 2.09. The third-order valence-corrected chi connectivity index (χ3v) is 3.39. The Morgan fingerprint density at radius 2 is 2.00 bits per heavy atom. The Morgan fingerprint density at radius 1 is 1.18 bits per heavy atom. The van der Waals surface area contributed by atoms with Crippen LogP contribution >= 0.6 is 23.4 Å². The minimum absolute atomic E-state index is 0.289. The summed E-state index contributed by atoms with van der Waals surface area (Å²) in [5.74, 6) is -0.289. The van der Waals surface area contributed by atoms with Crippen molar-refractivity contribution in [2.24, 2.45) is 0 Å². The second kappa shape index (κ2) is 5.22. The quantitative estimate of drug-likeness (QED) is 0.796. The minimum Gasteiger partial charge on any atom is -0.207 e. The molecule has 0 saturated carbocycles. The van der Waals surface area contributed by atoms with Crippen LogP contribution in [0.2, 0.25) is 5.02 Å². The highest BCUT2D eigenvalue weighted by Crippen LogP contribution is 2.31. The summed E-state index contributed by atoms with van der Waals surface area (Å²) in [5.41, 5.74) is 0.492. The van der Waals surface area contributed by atoms with E-state index in [9.17, 15) is 4.39 Å². The summed E-state index contributed by atoms with van der Waals surface area (Å²) < 4.78 is 13.0. The number of nitriles is 1. The maximum absolute atomic E-state index is 13.0. The number of hydrogen-bond donors (Lipinski definition) is 0. The molecule has 0 unspecified atom stereocenters. The molecule has 0 spiro atoms. The summed E-state index contributed by atoms with van der Waals surface area (Å²) >= 11 is 7.14. The molecule has 0 fully saturated rings. The number of nitrogens with zero attached hydrogens (tertiary/aromatic N) is 1. The van der Waals surface area contributed by atoms with Crippen LogP contribution in [0.15, 0.2) is 52.3 Å². The van der Waals surface area contributed by atoms with Crippen molar-refractivity contribution in [3.63, 3.8) is 0 Å². The second-order valence-electron chi connectivity index (χ2n) is 3.31. The van der Waals surface area contributed by atoms with E-state index < -0.39 is 0 Å². The van der Waals surface area contributed by atoms with E-state index in [4.69, 9.17) is 16.9 Å². The number of hydrogen-bond acceptors (Lipinski definition) is 2. The molecular formula is C13H7ClFNS. The summed E-state index contributed by atoms with van der Waals surface area (Å²) in [6, 6.07) is 13.4.